The van der Waals surface area contributed by atoms with Gasteiger partial charge in [-0.2, -0.15) is 0 Å². The van der Waals surface area contributed by atoms with Crippen molar-refractivity contribution in [2.45, 2.75) is 45.8 Å². The lowest BCUT2D eigenvalue weighted by atomic mass is 9.97. The Bertz CT molecular complexity index is 546. The summed E-state index contributed by atoms with van der Waals surface area (Å²) in [5.41, 5.74) is 3.53. The SMILES string of the molecule is CCOC(=O)CC/C=C/c1c(C)cccc1[C@@H](C)OCC1CO1. The first kappa shape index (κ1) is 17.7. The molecule has 1 aliphatic rings. The number of hydrogen-bond donors (Lipinski definition) is 0. The Kier molecular flexibility index (Phi) is 6.81. The monoisotopic (exact) mass is 318 g/mol. The van der Waals surface area contributed by atoms with Gasteiger partial charge in [-0.05, 0) is 43.9 Å². The summed E-state index contributed by atoms with van der Waals surface area (Å²) in [6.45, 7) is 7.85. The maximum Gasteiger partial charge on any atom is 0.306 e. The average Bonchev–Trinajstić information content (AvgIpc) is 3.35. The van der Waals surface area contributed by atoms with Crippen LogP contribution in [0.25, 0.3) is 6.08 Å². The van der Waals surface area contributed by atoms with Crippen molar-refractivity contribution in [3.63, 3.8) is 0 Å². The summed E-state index contributed by atoms with van der Waals surface area (Å²) < 4.78 is 16.0. The molecule has 0 aromatic heterocycles. The highest BCUT2D eigenvalue weighted by atomic mass is 16.6. The minimum atomic E-state index is -0.150. The Morgan fingerprint density at radius 2 is 2.26 bits per heavy atom. The van der Waals surface area contributed by atoms with E-state index in [0.717, 1.165) is 12.2 Å². The van der Waals surface area contributed by atoms with Crippen LogP contribution in [0.3, 0.4) is 0 Å². The summed E-state index contributed by atoms with van der Waals surface area (Å²) in [5, 5.41) is 0. The predicted octanol–water partition coefficient (Wildman–Crippen LogP) is 3.83. The first-order valence-corrected chi connectivity index (χ1v) is 8.26. The molecule has 0 radical (unpaired) electrons. The summed E-state index contributed by atoms with van der Waals surface area (Å²) in [6.07, 6.45) is 5.49. The lowest BCUT2D eigenvalue weighted by Crippen LogP contribution is -2.08. The summed E-state index contributed by atoms with van der Waals surface area (Å²) in [6, 6.07) is 6.23. The second-order valence-corrected chi connectivity index (χ2v) is 5.75. The van der Waals surface area contributed by atoms with Gasteiger partial charge in [-0.1, -0.05) is 30.4 Å². The fraction of sp³-hybridized carbons (Fsp3) is 0.526. The van der Waals surface area contributed by atoms with E-state index in [2.05, 4.69) is 32.1 Å². The van der Waals surface area contributed by atoms with E-state index in [1.54, 1.807) is 0 Å². The smallest absolute Gasteiger partial charge is 0.306 e. The van der Waals surface area contributed by atoms with Gasteiger partial charge in [-0.15, -0.1) is 0 Å². The average molecular weight is 318 g/mol. The molecule has 0 aliphatic carbocycles. The van der Waals surface area contributed by atoms with E-state index in [4.69, 9.17) is 14.2 Å². The van der Waals surface area contributed by atoms with Crippen LogP contribution in [-0.2, 0) is 19.0 Å². The largest absolute Gasteiger partial charge is 0.466 e. The molecule has 2 rings (SSSR count). The van der Waals surface area contributed by atoms with E-state index in [1.165, 1.54) is 11.1 Å². The van der Waals surface area contributed by atoms with Crippen LogP contribution in [0.15, 0.2) is 24.3 Å². The number of allylic oxidation sites excluding steroid dienone is 1. The topological polar surface area (TPSA) is 48.1 Å². The van der Waals surface area contributed by atoms with Crippen LogP contribution in [0.2, 0.25) is 0 Å². The van der Waals surface area contributed by atoms with Gasteiger partial charge in [-0.25, -0.2) is 0 Å². The maximum atomic E-state index is 11.4. The third-order valence-electron chi connectivity index (χ3n) is 3.84. The number of rotatable bonds is 9. The summed E-state index contributed by atoms with van der Waals surface area (Å²) >= 11 is 0. The van der Waals surface area contributed by atoms with Gasteiger partial charge in [0, 0.05) is 6.42 Å². The minimum absolute atomic E-state index is 0.0174. The Balaban J connectivity index is 1.97. The highest BCUT2D eigenvalue weighted by molar-refractivity contribution is 5.69. The molecule has 1 unspecified atom stereocenters. The number of aryl methyl sites for hydroxylation is 1. The zero-order chi connectivity index (χ0) is 16.7. The van der Waals surface area contributed by atoms with Crippen molar-refractivity contribution in [1.82, 2.24) is 0 Å². The Hall–Kier alpha value is -1.65. The van der Waals surface area contributed by atoms with Gasteiger partial charge < -0.3 is 14.2 Å². The van der Waals surface area contributed by atoms with Gasteiger partial charge in [-0.3, -0.25) is 4.79 Å². The van der Waals surface area contributed by atoms with Crippen molar-refractivity contribution in [1.29, 1.82) is 0 Å². The van der Waals surface area contributed by atoms with Crippen molar-refractivity contribution in [3.8, 4) is 0 Å². The molecule has 4 nitrogen and oxygen atoms in total. The Morgan fingerprint density at radius 3 is 2.96 bits per heavy atom. The quantitative estimate of drug-likeness (QED) is 0.513. The fourth-order valence-electron chi connectivity index (χ4n) is 2.43. The molecule has 0 spiro atoms. The van der Waals surface area contributed by atoms with Crippen molar-refractivity contribution in [2.75, 3.05) is 19.8 Å². The van der Waals surface area contributed by atoms with Gasteiger partial charge >= 0.3 is 5.97 Å². The van der Waals surface area contributed by atoms with Crippen LogP contribution >= 0.6 is 0 Å². The second-order valence-electron chi connectivity index (χ2n) is 5.75. The van der Waals surface area contributed by atoms with E-state index in [1.807, 2.05) is 19.1 Å². The van der Waals surface area contributed by atoms with Crippen molar-refractivity contribution in [2.24, 2.45) is 0 Å². The van der Waals surface area contributed by atoms with Crippen LogP contribution in [-0.4, -0.2) is 31.9 Å². The molecule has 2 atom stereocenters. The highest BCUT2D eigenvalue weighted by Crippen LogP contribution is 2.26. The number of carbonyl (C=O) groups excluding carboxylic acids is 1. The van der Waals surface area contributed by atoms with Gasteiger partial charge in [0.05, 0.1) is 25.9 Å². The van der Waals surface area contributed by atoms with E-state index >= 15 is 0 Å². The van der Waals surface area contributed by atoms with E-state index in [-0.39, 0.29) is 18.2 Å². The zero-order valence-corrected chi connectivity index (χ0v) is 14.2. The molecule has 1 aromatic rings. The molecular weight excluding hydrogens is 292 g/mol. The number of carbonyl (C=O) groups is 1. The first-order valence-electron chi connectivity index (χ1n) is 8.26. The second kappa shape index (κ2) is 8.85. The highest BCUT2D eigenvalue weighted by Gasteiger charge is 2.24. The van der Waals surface area contributed by atoms with Gasteiger partial charge in [0.2, 0.25) is 0 Å². The molecule has 4 heteroatoms. The van der Waals surface area contributed by atoms with Crippen LogP contribution in [0.5, 0.6) is 0 Å². The molecule has 0 amide bonds. The lowest BCUT2D eigenvalue weighted by Gasteiger charge is -2.17. The van der Waals surface area contributed by atoms with Crippen molar-refractivity contribution in [3.05, 3.63) is 41.0 Å². The molecule has 23 heavy (non-hydrogen) atoms. The van der Waals surface area contributed by atoms with Gasteiger partial charge in [0.15, 0.2) is 0 Å². The number of epoxide rings is 1. The number of ether oxygens (including phenoxy) is 3. The van der Waals surface area contributed by atoms with E-state index < -0.39 is 0 Å². The first-order chi connectivity index (χ1) is 11.1. The van der Waals surface area contributed by atoms with Crippen molar-refractivity contribution < 1.29 is 19.0 Å². The summed E-state index contributed by atoms with van der Waals surface area (Å²) in [5.74, 6) is -0.150. The molecule has 1 aromatic carbocycles. The summed E-state index contributed by atoms with van der Waals surface area (Å²) in [7, 11) is 0. The Morgan fingerprint density at radius 1 is 1.48 bits per heavy atom. The molecular formula is C19H26O4. The minimum Gasteiger partial charge on any atom is -0.466 e. The zero-order valence-electron chi connectivity index (χ0n) is 14.2. The lowest BCUT2D eigenvalue weighted by molar-refractivity contribution is -0.142. The molecule has 0 bridgehead atoms. The third-order valence-corrected chi connectivity index (χ3v) is 3.84. The number of hydrogen-bond acceptors (Lipinski definition) is 4. The van der Waals surface area contributed by atoms with E-state index in [0.29, 0.717) is 26.1 Å². The van der Waals surface area contributed by atoms with Crippen LogP contribution in [0.4, 0.5) is 0 Å². The number of benzene rings is 1. The summed E-state index contributed by atoms with van der Waals surface area (Å²) in [4.78, 5) is 11.4. The van der Waals surface area contributed by atoms with Crippen LogP contribution in [0, 0.1) is 6.92 Å². The van der Waals surface area contributed by atoms with Crippen molar-refractivity contribution >= 4 is 12.0 Å². The maximum absolute atomic E-state index is 11.4. The van der Waals surface area contributed by atoms with Gasteiger partial charge in [0.25, 0.3) is 0 Å². The predicted molar refractivity (Wildman–Crippen MR) is 90.2 cm³/mol. The molecule has 1 aliphatic heterocycles. The van der Waals surface area contributed by atoms with Gasteiger partial charge in [0.1, 0.15) is 6.10 Å². The third kappa shape index (κ3) is 5.81. The van der Waals surface area contributed by atoms with Crippen LogP contribution < -0.4 is 0 Å². The standard InChI is InChI=1S/C19H26O4/c1-4-21-19(20)11-6-5-9-17-14(2)8-7-10-18(17)15(3)22-12-16-13-23-16/h5,7-10,15-16H,4,6,11-13H2,1-3H3/b9-5+/t15-,16?/m1/s1. The molecule has 0 saturated carbocycles. The van der Waals surface area contributed by atoms with Crippen LogP contribution in [0.1, 0.15) is 49.5 Å². The molecule has 1 heterocycles. The fourth-order valence-corrected chi connectivity index (χ4v) is 2.43. The van der Waals surface area contributed by atoms with E-state index in [9.17, 15) is 4.79 Å². The molecule has 0 N–H and O–H groups in total. The number of esters is 1. The normalized spacial score (nSPS) is 18.1. The molecule has 1 fully saturated rings. The Labute approximate surface area is 138 Å². The molecule has 126 valence electrons. The molecule has 1 saturated heterocycles.